The van der Waals surface area contributed by atoms with E-state index in [0.717, 1.165) is 25.9 Å². The van der Waals surface area contributed by atoms with Gasteiger partial charge in [0, 0.05) is 13.2 Å². The minimum atomic E-state index is -1.10. The summed E-state index contributed by atoms with van der Waals surface area (Å²) >= 11 is 0. The van der Waals surface area contributed by atoms with Crippen LogP contribution in [0.15, 0.2) is 0 Å². The average Bonchev–Trinajstić information content (AvgIpc) is 2.73. The smallest absolute Gasteiger partial charge is 0.358 e. The zero-order valence-corrected chi connectivity index (χ0v) is 9.50. The highest BCUT2D eigenvalue weighted by Crippen LogP contribution is 2.15. The first kappa shape index (κ1) is 12.0. The number of carboxylic acids is 1. The van der Waals surface area contributed by atoms with Gasteiger partial charge in [-0.25, -0.2) is 9.48 Å². The Morgan fingerprint density at radius 2 is 2.41 bits per heavy atom. The molecule has 0 bridgehead atoms. The third-order valence-corrected chi connectivity index (χ3v) is 2.88. The highest BCUT2D eigenvalue weighted by atomic mass is 16.5. The summed E-state index contributed by atoms with van der Waals surface area (Å²) in [5.74, 6) is -1.10. The lowest BCUT2D eigenvalue weighted by molar-refractivity contribution is 0.00321. The number of rotatable bonds is 4. The maximum Gasteiger partial charge on any atom is 0.358 e. The third kappa shape index (κ3) is 2.62. The molecule has 94 valence electrons. The van der Waals surface area contributed by atoms with Crippen LogP contribution in [-0.4, -0.2) is 38.8 Å². The quantitative estimate of drug-likeness (QED) is 0.768. The SMILES string of the molecule is NCc1c(C(=O)O)nnn1CC1CCCCO1. The Bertz CT molecular complexity index is 398. The van der Waals surface area contributed by atoms with E-state index in [1.54, 1.807) is 4.68 Å². The number of ether oxygens (including phenoxy) is 1. The molecule has 1 aromatic rings. The predicted molar refractivity (Wildman–Crippen MR) is 58.5 cm³/mol. The van der Waals surface area contributed by atoms with Crippen molar-refractivity contribution < 1.29 is 14.6 Å². The molecule has 0 amide bonds. The molecule has 3 N–H and O–H groups in total. The summed E-state index contributed by atoms with van der Waals surface area (Å²) in [5.41, 5.74) is 5.92. The molecule has 1 saturated heterocycles. The van der Waals surface area contributed by atoms with Gasteiger partial charge in [-0.2, -0.15) is 0 Å². The number of aromatic nitrogens is 3. The van der Waals surface area contributed by atoms with Crippen molar-refractivity contribution in [3.63, 3.8) is 0 Å². The Morgan fingerprint density at radius 1 is 1.59 bits per heavy atom. The number of nitrogens with two attached hydrogens (primary N) is 1. The molecule has 7 nitrogen and oxygen atoms in total. The molecule has 0 aliphatic carbocycles. The van der Waals surface area contributed by atoms with E-state index in [0.29, 0.717) is 12.2 Å². The van der Waals surface area contributed by atoms with Crippen molar-refractivity contribution in [2.24, 2.45) is 5.73 Å². The first-order chi connectivity index (χ1) is 8.22. The molecule has 1 atom stereocenters. The van der Waals surface area contributed by atoms with E-state index in [9.17, 15) is 4.79 Å². The van der Waals surface area contributed by atoms with Crippen LogP contribution in [0.4, 0.5) is 0 Å². The van der Waals surface area contributed by atoms with Crippen molar-refractivity contribution in [1.29, 1.82) is 0 Å². The molecule has 0 spiro atoms. The molecule has 1 aliphatic heterocycles. The van der Waals surface area contributed by atoms with Gasteiger partial charge >= 0.3 is 5.97 Å². The molecular formula is C10H16N4O3. The van der Waals surface area contributed by atoms with Gasteiger partial charge in [0.15, 0.2) is 5.69 Å². The summed E-state index contributed by atoms with van der Waals surface area (Å²) in [6, 6.07) is 0. The monoisotopic (exact) mass is 240 g/mol. The van der Waals surface area contributed by atoms with E-state index in [2.05, 4.69) is 10.3 Å². The maximum atomic E-state index is 10.9. The lowest BCUT2D eigenvalue weighted by Gasteiger charge is -2.22. The van der Waals surface area contributed by atoms with Crippen LogP contribution in [0.5, 0.6) is 0 Å². The van der Waals surface area contributed by atoms with E-state index in [1.165, 1.54) is 0 Å². The molecule has 7 heteroatoms. The van der Waals surface area contributed by atoms with Crippen LogP contribution in [-0.2, 0) is 17.8 Å². The van der Waals surface area contributed by atoms with Crippen LogP contribution in [0.1, 0.15) is 35.4 Å². The van der Waals surface area contributed by atoms with Crippen molar-refractivity contribution in [2.75, 3.05) is 6.61 Å². The number of hydrogen-bond acceptors (Lipinski definition) is 5. The molecule has 2 heterocycles. The molecule has 2 rings (SSSR count). The van der Waals surface area contributed by atoms with Crippen molar-refractivity contribution in [1.82, 2.24) is 15.0 Å². The summed E-state index contributed by atoms with van der Waals surface area (Å²) in [4.78, 5) is 10.9. The van der Waals surface area contributed by atoms with Crippen LogP contribution >= 0.6 is 0 Å². The maximum absolute atomic E-state index is 10.9. The average molecular weight is 240 g/mol. The second-order valence-electron chi connectivity index (χ2n) is 4.06. The van der Waals surface area contributed by atoms with Crippen molar-refractivity contribution in [3.05, 3.63) is 11.4 Å². The van der Waals surface area contributed by atoms with Crippen LogP contribution in [0.2, 0.25) is 0 Å². The zero-order valence-electron chi connectivity index (χ0n) is 9.50. The van der Waals surface area contributed by atoms with E-state index < -0.39 is 5.97 Å². The van der Waals surface area contributed by atoms with Gasteiger partial charge in [0.1, 0.15) is 0 Å². The van der Waals surface area contributed by atoms with Gasteiger partial charge < -0.3 is 15.6 Å². The van der Waals surface area contributed by atoms with Gasteiger partial charge in [0.05, 0.1) is 18.3 Å². The molecule has 1 fully saturated rings. The van der Waals surface area contributed by atoms with Crippen LogP contribution in [0, 0.1) is 0 Å². The van der Waals surface area contributed by atoms with Crippen molar-refractivity contribution in [3.8, 4) is 0 Å². The number of carboxylic acid groups (broad SMARTS) is 1. The Hall–Kier alpha value is -1.47. The summed E-state index contributed by atoms with van der Waals surface area (Å²) in [5, 5.41) is 16.4. The number of hydrogen-bond donors (Lipinski definition) is 2. The first-order valence-corrected chi connectivity index (χ1v) is 5.69. The van der Waals surface area contributed by atoms with Crippen molar-refractivity contribution >= 4 is 5.97 Å². The Balaban J connectivity index is 2.12. The number of carbonyl (C=O) groups is 1. The van der Waals surface area contributed by atoms with E-state index in [4.69, 9.17) is 15.6 Å². The van der Waals surface area contributed by atoms with Gasteiger partial charge in [-0.15, -0.1) is 5.10 Å². The van der Waals surface area contributed by atoms with E-state index in [1.807, 2.05) is 0 Å². The second-order valence-corrected chi connectivity index (χ2v) is 4.06. The molecular weight excluding hydrogens is 224 g/mol. The van der Waals surface area contributed by atoms with Gasteiger partial charge in [-0.05, 0) is 19.3 Å². The van der Waals surface area contributed by atoms with Crippen LogP contribution < -0.4 is 5.73 Å². The van der Waals surface area contributed by atoms with Gasteiger partial charge in [0.25, 0.3) is 0 Å². The summed E-state index contributed by atoms with van der Waals surface area (Å²) in [6.07, 6.45) is 3.25. The topological polar surface area (TPSA) is 103 Å². The molecule has 1 unspecified atom stereocenters. The number of nitrogens with zero attached hydrogens (tertiary/aromatic N) is 3. The van der Waals surface area contributed by atoms with Crippen molar-refractivity contribution in [2.45, 2.75) is 38.5 Å². The normalized spacial score (nSPS) is 20.4. The third-order valence-electron chi connectivity index (χ3n) is 2.88. The largest absolute Gasteiger partial charge is 0.476 e. The first-order valence-electron chi connectivity index (χ1n) is 5.69. The molecule has 17 heavy (non-hydrogen) atoms. The minimum absolute atomic E-state index is 0.0664. The fourth-order valence-electron chi connectivity index (χ4n) is 1.99. The Morgan fingerprint density at radius 3 is 3.00 bits per heavy atom. The standard InChI is InChI=1S/C10H16N4O3/c11-5-8-9(10(15)16)12-13-14(8)6-7-3-1-2-4-17-7/h7H,1-6,11H2,(H,15,16). The van der Waals surface area contributed by atoms with E-state index in [-0.39, 0.29) is 18.3 Å². The van der Waals surface area contributed by atoms with Gasteiger partial charge in [-0.3, -0.25) is 0 Å². The van der Waals surface area contributed by atoms with Gasteiger partial charge in [-0.1, -0.05) is 5.21 Å². The fraction of sp³-hybridized carbons (Fsp3) is 0.700. The lowest BCUT2D eigenvalue weighted by Crippen LogP contribution is -2.26. The van der Waals surface area contributed by atoms with E-state index >= 15 is 0 Å². The zero-order chi connectivity index (χ0) is 12.3. The second kappa shape index (κ2) is 5.24. The minimum Gasteiger partial charge on any atom is -0.476 e. The molecule has 1 aliphatic rings. The highest BCUT2D eigenvalue weighted by Gasteiger charge is 2.21. The Labute approximate surface area is 98.5 Å². The molecule has 0 aromatic carbocycles. The highest BCUT2D eigenvalue weighted by molar-refractivity contribution is 5.86. The molecule has 0 saturated carbocycles. The summed E-state index contributed by atoms with van der Waals surface area (Å²) in [6.45, 7) is 1.39. The van der Waals surface area contributed by atoms with Gasteiger partial charge in [0.2, 0.25) is 0 Å². The number of aromatic carboxylic acids is 1. The summed E-state index contributed by atoms with van der Waals surface area (Å²) in [7, 11) is 0. The lowest BCUT2D eigenvalue weighted by atomic mass is 10.1. The van der Waals surface area contributed by atoms with Crippen LogP contribution in [0.25, 0.3) is 0 Å². The molecule has 0 radical (unpaired) electrons. The molecule has 1 aromatic heterocycles. The fourth-order valence-corrected chi connectivity index (χ4v) is 1.99. The predicted octanol–water partition coefficient (Wildman–Crippen LogP) is 0.00410. The van der Waals surface area contributed by atoms with Crippen LogP contribution in [0.3, 0.4) is 0 Å². The summed E-state index contributed by atoms with van der Waals surface area (Å²) < 4.78 is 7.12. The Kier molecular flexibility index (Phi) is 3.70.